The molecule has 14 heavy (non-hydrogen) atoms. The second-order valence-corrected chi connectivity index (χ2v) is 2.56. The molecule has 0 radical (unpaired) electrons. The van der Waals surface area contributed by atoms with Gasteiger partial charge in [0.25, 0.3) is 0 Å². The van der Waals surface area contributed by atoms with Crippen molar-refractivity contribution in [2.24, 2.45) is 0 Å². The minimum atomic E-state index is -0.372. The van der Waals surface area contributed by atoms with Crippen LogP contribution in [0.15, 0.2) is 48.8 Å². The van der Waals surface area contributed by atoms with E-state index in [0.29, 0.717) is 6.61 Å². The van der Waals surface area contributed by atoms with Gasteiger partial charge >= 0.3 is 6.09 Å². The Morgan fingerprint density at radius 3 is 2.07 bits per heavy atom. The van der Waals surface area contributed by atoms with Crippen LogP contribution in [0.1, 0.15) is 6.92 Å². The number of hydrogen-bond donors (Lipinski definition) is 0. The van der Waals surface area contributed by atoms with Crippen molar-refractivity contribution in [3.63, 3.8) is 0 Å². The van der Waals surface area contributed by atoms with Crippen LogP contribution in [0.3, 0.4) is 0 Å². The summed E-state index contributed by atoms with van der Waals surface area (Å²) in [5.74, 6) is 0. The van der Waals surface area contributed by atoms with Gasteiger partial charge in [-0.25, -0.2) is 4.79 Å². The van der Waals surface area contributed by atoms with E-state index in [1.807, 2.05) is 24.3 Å². The maximum atomic E-state index is 11.3. The van der Waals surface area contributed by atoms with Crippen LogP contribution < -0.4 is 0 Å². The van der Waals surface area contributed by atoms with Crippen molar-refractivity contribution in [2.75, 3.05) is 6.61 Å². The molecule has 74 valence electrons. The zero-order chi connectivity index (χ0) is 10.2. The summed E-state index contributed by atoms with van der Waals surface area (Å²) in [7, 11) is 0. The van der Waals surface area contributed by atoms with Gasteiger partial charge in [0.2, 0.25) is 0 Å². The van der Waals surface area contributed by atoms with E-state index in [9.17, 15) is 4.79 Å². The highest BCUT2D eigenvalue weighted by Crippen LogP contribution is 1.89. The van der Waals surface area contributed by atoms with Crippen LogP contribution in [0.25, 0.3) is 0 Å². The molecule has 1 aromatic heterocycles. The van der Waals surface area contributed by atoms with Gasteiger partial charge in [0.05, 0.1) is 6.61 Å². The molecule has 0 bridgehead atoms. The van der Waals surface area contributed by atoms with Crippen molar-refractivity contribution in [1.82, 2.24) is 4.57 Å². The van der Waals surface area contributed by atoms with Gasteiger partial charge in [0.1, 0.15) is 0 Å². The third-order valence-electron chi connectivity index (χ3n) is 1.53. The maximum Gasteiger partial charge on any atom is 0.417 e. The maximum absolute atomic E-state index is 11.3. The lowest BCUT2D eigenvalue weighted by Crippen LogP contribution is -2.11. The number of carbonyl (C=O) groups excluding carboxylic acids is 1. The molecule has 0 unspecified atom stereocenters. The molecule has 1 aromatic rings. The number of carbonyl (C=O) groups is 1. The third kappa shape index (κ3) is 3.31. The molecule has 0 spiro atoms. The summed E-state index contributed by atoms with van der Waals surface area (Å²) < 4.78 is 6.25. The number of ether oxygens (including phenoxy) is 1. The minimum absolute atomic E-state index is 0.372. The lowest BCUT2D eigenvalue weighted by atomic mass is 10.5. The Kier molecular flexibility index (Phi) is 4.27. The fourth-order valence-electron chi connectivity index (χ4n) is 0.911. The third-order valence-corrected chi connectivity index (χ3v) is 1.53. The van der Waals surface area contributed by atoms with Crippen molar-refractivity contribution in [3.05, 3.63) is 48.8 Å². The molecule has 0 aliphatic heterocycles. The summed E-state index contributed by atoms with van der Waals surface area (Å²) in [6.45, 7) is 2.16. The molecule has 3 heteroatoms. The first-order chi connectivity index (χ1) is 6.84. The van der Waals surface area contributed by atoms with Crippen LogP contribution in [0.4, 0.5) is 4.79 Å². The zero-order valence-electron chi connectivity index (χ0n) is 8.09. The number of hydrogen-bond acceptors (Lipinski definition) is 2. The Morgan fingerprint density at radius 1 is 1.07 bits per heavy atom. The Morgan fingerprint density at radius 2 is 1.57 bits per heavy atom. The van der Waals surface area contributed by atoms with E-state index in [4.69, 9.17) is 4.74 Å². The topological polar surface area (TPSA) is 31.2 Å². The first-order valence-electron chi connectivity index (χ1n) is 4.48. The molecule has 1 heterocycles. The van der Waals surface area contributed by atoms with Crippen LogP contribution in [0.5, 0.6) is 0 Å². The second-order valence-electron chi connectivity index (χ2n) is 2.56. The first kappa shape index (κ1) is 10.3. The molecule has 0 saturated carbocycles. The molecule has 3 nitrogen and oxygen atoms in total. The number of aromatic nitrogens is 1. The lowest BCUT2D eigenvalue weighted by Gasteiger charge is -2.01. The summed E-state index contributed by atoms with van der Waals surface area (Å²) in [6, 6.07) is 11.0. The van der Waals surface area contributed by atoms with Gasteiger partial charge in [-0.3, -0.25) is 4.57 Å². The molecule has 0 N–H and O–H groups in total. The highest BCUT2D eigenvalue weighted by molar-refractivity contribution is 5.69. The van der Waals surface area contributed by atoms with Crippen LogP contribution in [-0.2, 0) is 4.74 Å². The van der Waals surface area contributed by atoms with Crippen LogP contribution >= 0.6 is 0 Å². The molecule has 0 amide bonds. The summed E-state index contributed by atoms with van der Waals surface area (Å²) in [5.41, 5.74) is 0. The SMILES string of the molecule is CCOC(=O)n1cccccccc1. The quantitative estimate of drug-likeness (QED) is 0.683. The molecular weight excluding hydrogens is 178 g/mol. The van der Waals surface area contributed by atoms with Gasteiger partial charge in [-0.15, -0.1) is 0 Å². The molecule has 0 aliphatic rings. The highest BCUT2D eigenvalue weighted by atomic mass is 16.5. The molecule has 1 rings (SSSR count). The predicted molar refractivity (Wildman–Crippen MR) is 54.5 cm³/mol. The van der Waals surface area contributed by atoms with Crippen LogP contribution in [-0.4, -0.2) is 17.3 Å². The summed E-state index contributed by atoms with van der Waals surface area (Å²) in [4.78, 5) is 11.3. The number of nitrogens with zero attached hydrogens (tertiary/aromatic N) is 1. The predicted octanol–water partition coefficient (Wildman–Crippen LogP) is 2.62. The van der Waals surface area contributed by atoms with Gasteiger partial charge in [-0.2, -0.15) is 0 Å². The van der Waals surface area contributed by atoms with Gasteiger partial charge in [0.15, 0.2) is 0 Å². The Labute approximate surface area is 83.3 Å². The van der Waals surface area contributed by atoms with Gasteiger partial charge in [-0.1, -0.05) is 24.3 Å². The largest absolute Gasteiger partial charge is 0.449 e. The molecule has 0 atom stereocenters. The standard InChI is InChI=1S/C11H13NO2/c1-2-14-11(13)12-9-7-5-3-4-6-8-10-12/h3-10H,2H2,1H3. The summed E-state index contributed by atoms with van der Waals surface area (Å²) >= 11 is 0. The van der Waals surface area contributed by atoms with Crippen molar-refractivity contribution >= 4 is 6.09 Å². The summed E-state index contributed by atoms with van der Waals surface area (Å²) in [6.07, 6.45) is 2.93. The Balaban J connectivity index is 2.99. The average molecular weight is 191 g/mol. The minimum Gasteiger partial charge on any atom is -0.449 e. The fraction of sp³-hybridized carbons (Fsp3) is 0.182. The molecule has 0 aliphatic carbocycles. The average Bonchev–Trinajstić information content (AvgIpc) is 2.30. The van der Waals surface area contributed by atoms with E-state index >= 15 is 0 Å². The van der Waals surface area contributed by atoms with Crippen LogP contribution in [0.2, 0.25) is 0 Å². The van der Waals surface area contributed by atoms with Crippen molar-refractivity contribution < 1.29 is 9.53 Å². The second kappa shape index (κ2) is 5.80. The summed E-state index contributed by atoms with van der Waals surface area (Å²) in [5, 5.41) is 0. The molecule has 0 fully saturated rings. The van der Waals surface area contributed by atoms with E-state index in [1.165, 1.54) is 4.57 Å². The lowest BCUT2D eigenvalue weighted by molar-refractivity contribution is 0.154. The van der Waals surface area contributed by atoms with Crippen molar-refractivity contribution in [1.29, 1.82) is 0 Å². The Hall–Kier alpha value is -1.77. The number of rotatable bonds is 1. The van der Waals surface area contributed by atoms with E-state index in [1.54, 1.807) is 31.5 Å². The normalized spacial score (nSPS) is 8.93. The fourth-order valence-corrected chi connectivity index (χ4v) is 0.911. The van der Waals surface area contributed by atoms with Gasteiger partial charge < -0.3 is 4.74 Å². The highest BCUT2D eigenvalue weighted by Gasteiger charge is 1.98. The van der Waals surface area contributed by atoms with E-state index in [0.717, 1.165) is 0 Å². The van der Waals surface area contributed by atoms with E-state index in [-0.39, 0.29) is 6.09 Å². The van der Waals surface area contributed by atoms with E-state index < -0.39 is 0 Å². The van der Waals surface area contributed by atoms with Crippen LogP contribution in [0, 0.1) is 0 Å². The first-order valence-corrected chi connectivity index (χ1v) is 4.48. The monoisotopic (exact) mass is 191 g/mol. The molecular formula is C11H13NO2. The van der Waals surface area contributed by atoms with Gasteiger partial charge in [0, 0.05) is 12.4 Å². The van der Waals surface area contributed by atoms with Crippen molar-refractivity contribution in [2.45, 2.75) is 6.92 Å². The zero-order valence-corrected chi connectivity index (χ0v) is 8.09. The molecule has 0 saturated heterocycles. The van der Waals surface area contributed by atoms with Crippen molar-refractivity contribution in [3.8, 4) is 0 Å². The van der Waals surface area contributed by atoms with E-state index in [2.05, 4.69) is 0 Å². The Bertz CT molecular complexity index is 319. The molecule has 0 aromatic carbocycles. The van der Waals surface area contributed by atoms with Gasteiger partial charge in [-0.05, 0) is 19.1 Å². The smallest absolute Gasteiger partial charge is 0.417 e.